The number of hydrogen-bond acceptors (Lipinski definition) is 3. The predicted octanol–water partition coefficient (Wildman–Crippen LogP) is 3.65. The lowest BCUT2D eigenvalue weighted by Crippen LogP contribution is -2.29. The maximum absolute atomic E-state index is 5.70. The fourth-order valence-corrected chi connectivity index (χ4v) is 3.73. The monoisotopic (exact) mass is 363 g/mol. The van der Waals surface area contributed by atoms with E-state index >= 15 is 0 Å². The Bertz CT molecular complexity index is 874. The molecular weight excluding hydrogens is 342 g/mol. The number of rotatable bonds is 4. The van der Waals surface area contributed by atoms with Gasteiger partial charge in [0.2, 0.25) is 0 Å². The van der Waals surface area contributed by atoms with E-state index in [1.54, 1.807) is 0 Å². The Balaban J connectivity index is 1.76. The lowest BCUT2D eigenvalue weighted by Gasteiger charge is -2.27. The molecule has 1 aromatic carbocycles. The van der Waals surface area contributed by atoms with Gasteiger partial charge in [-0.25, -0.2) is 0 Å². The number of anilines is 2. The molecule has 0 spiro atoms. The van der Waals surface area contributed by atoms with Crippen molar-refractivity contribution < 1.29 is 0 Å². The van der Waals surface area contributed by atoms with E-state index in [4.69, 9.17) is 12.2 Å². The third-order valence-electron chi connectivity index (χ3n) is 4.68. The first kappa shape index (κ1) is 16.6. The summed E-state index contributed by atoms with van der Waals surface area (Å²) in [6.45, 7) is 0. The molecule has 2 N–H and O–H groups in total. The molecule has 5 nitrogen and oxygen atoms in total. The molecule has 0 aliphatic carbocycles. The van der Waals surface area contributed by atoms with Crippen LogP contribution in [0.3, 0.4) is 0 Å². The number of nitrogens with one attached hydrogen (secondary N) is 2. The van der Waals surface area contributed by atoms with Crippen molar-refractivity contribution in [1.29, 1.82) is 0 Å². The van der Waals surface area contributed by atoms with Gasteiger partial charge < -0.3 is 20.1 Å². The van der Waals surface area contributed by atoms with E-state index in [9.17, 15) is 0 Å². The highest BCUT2D eigenvalue weighted by Crippen LogP contribution is 2.40. The van der Waals surface area contributed by atoms with Crippen LogP contribution < -0.4 is 15.1 Å². The predicted molar refractivity (Wildman–Crippen MR) is 109 cm³/mol. The molecule has 4 rings (SSSR count). The molecule has 1 saturated heterocycles. The first-order chi connectivity index (χ1) is 12.6. The summed E-state index contributed by atoms with van der Waals surface area (Å²) in [6, 6.07) is 18.5. The summed E-state index contributed by atoms with van der Waals surface area (Å²) in [5.74, 6) is 0. The lowest BCUT2D eigenvalue weighted by molar-refractivity contribution is 0.558. The van der Waals surface area contributed by atoms with Crippen molar-refractivity contribution in [1.82, 2.24) is 15.3 Å². The van der Waals surface area contributed by atoms with E-state index in [0.717, 1.165) is 22.8 Å². The number of nitrogens with zero attached hydrogens (tertiary/aromatic N) is 3. The van der Waals surface area contributed by atoms with E-state index in [1.807, 2.05) is 50.8 Å². The molecule has 3 heterocycles. The molecule has 1 aliphatic heterocycles. The molecule has 132 valence electrons. The van der Waals surface area contributed by atoms with E-state index in [1.165, 1.54) is 0 Å². The SMILES string of the molecule is CN(C)c1ccc(N2C(=S)N[C@H](c3ccccn3)[C@@H]2c2ccc[nH]2)cc1. The number of benzene rings is 1. The van der Waals surface area contributed by atoms with Gasteiger partial charge in [0.1, 0.15) is 6.04 Å². The van der Waals surface area contributed by atoms with Gasteiger partial charge in [0.05, 0.1) is 11.7 Å². The summed E-state index contributed by atoms with van der Waals surface area (Å²) < 4.78 is 0. The standard InChI is InChI=1S/C20H21N5S/c1-24(2)14-8-10-15(11-9-14)25-19(17-7-5-13-22-17)18(23-20(25)26)16-6-3-4-12-21-16/h3-13,18-19,22H,1-2H3,(H,23,26)/t18-,19+/m1/s1. The second-order valence-electron chi connectivity index (χ2n) is 6.53. The first-order valence-electron chi connectivity index (χ1n) is 8.56. The number of thiocarbonyl (C=S) groups is 1. The van der Waals surface area contributed by atoms with Crippen LogP contribution in [0.5, 0.6) is 0 Å². The number of hydrogen-bond donors (Lipinski definition) is 2. The smallest absolute Gasteiger partial charge is 0.174 e. The largest absolute Gasteiger partial charge is 0.378 e. The van der Waals surface area contributed by atoms with Crippen LogP contribution in [0.2, 0.25) is 0 Å². The van der Waals surface area contributed by atoms with Gasteiger partial charge in [0.15, 0.2) is 5.11 Å². The third-order valence-corrected chi connectivity index (χ3v) is 5.00. The van der Waals surface area contributed by atoms with Crippen LogP contribution >= 0.6 is 12.2 Å². The highest BCUT2D eigenvalue weighted by molar-refractivity contribution is 7.80. The molecule has 6 heteroatoms. The van der Waals surface area contributed by atoms with Crippen LogP contribution in [0.4, 0.5) is 11.4 Å². The molecule has 2 atom stereocenters. The van der Waals surface area contributed by atoms with E-state index in [0.29, 0.717) is 5.11 Å². The van der Waals surface area contributed by atoms with Crippen molar-refractivity contribution >= 4 is 28.7 Å². The van der Waals surface area contributed by atoms with Crippen LogP contribution in [0.1, 0.15) is 23.5 Å². The molecular formula is C20H21N5S. The number of aromatic nitrogens is 2. The molecule has 0 bridgehead atoms. The van der Waals surface area contributed by atoms with Gasteiger partial charge in [-0.05, 0) is 60.7 Å². The zero-order chi connectivity index (χ0) is 18.1. The van der Waals surface area contributed by atoms with E-state index in [2.05, 4.69) is 55.4 Å². The van der Waals surface area contributed by atoms with Crippen molar-refractivity contribution in [2.45, 2.75) is 12.1 Å². The van der Waals surface area contributed by atoms with Gasteiger partial charge in [-0.1, -0.05) is 6.07 Å². The van der Waals surface area contributed by atoms with Crippen molar-refractivity contribution in [3.05, 3.63) is 78.4 Å². The Labute approximate surface area is 158 Å². The van der Waals surface area contributed by atoms with Crippen molar-refractivity contribution in [2.24, 2.45) is 0 Å². The average molecular weight is 363 g/mol. The molecule has 1 fully saturated rings. The van der Waals surface area contributed by atoms with Gasteiger partial charge in [-0.15, -0.1) is 0 Å². The fraction of sp³-hybridized carbons (Fsp3) is 0.200. The molecule has 0 radical (unpaired) electrons. The van der Waals surface area contributed by atoms with Gasteiger partial charge in [-0.3, -0.25) is 4.98 Å². The van der Waals surface area contributed by atoms with Crippen molar-refractivity contribution in [2.75, 3.05) is 23.9 Å². The summed E-state index contributed by atoms with van der Waals surface area (Å²) >= 11 is 5.70. The molecule has 0 unspecified atom stereocenters. The minimum Gasteiger partial charge on any atom is -0.378 e. The van der Waals surface area contributed by atoms with Crippen LogP contribution in [0, 0.1) is 0 Å². The summed E-state index contributed by atoms with van der Waals surface area (Å²) in [7, 11) is 4.08. The summed E-state index contributed by atoms with van der Waals surface area (Å²) in [5, 5.41) is 4.17. The maximum atomic E-state index is 5.70. The van der Waals surface area contributed by atoms with Gasteiger partial charge in [0, 0.05) is 43.6 Å². The van der Waals surface area contributed by atoms with Crippen molar-refractivity contribution in [3.8, 4) is 0 Å². The lowest BCUT2D eigenvalue weighted by atomic mass is 10.0. The number of H-pyrrole nitrogens is 1. The molecule has 2 aromatic heterocycles. The Morgan fingerprint density at radius 2 is 1.85 bits per heavy atom. The molecule has 0 saturated carbocycles. The Kier molecular flexibility index (Phi) is 4.34. The van der Waals surface area contributed by atoms with E-state index < -0.39 is 0 Å². The van der Waals surface area contributed by atoms with Crippen molar-refractivity contribution in [3.63, 3.8) is 0 Å². The summed E-state index contributed by atoms with van der Waals surface area (Å²) in [6.07, 6.45) is 3.76. The maximum Gasteiger partial charge on any atom is 0.174 e. The van der Waals surface area contributed by atoms with Gasteiger partial charge in [-0.2, -0.15) is 0 Å². The zero-order valence-electron chi connectivity index (χ0n) is 14.8. The first-order valence-corrected chi connectivity index (χ1v) is 8.97. The topological polar surface area (TPSA) is 47.2 Å². The Hall–Kier alpha value is -2.86. The molecule has 0 amide bonds. The second kappa shape index (κ2) is 6.80. The van der Waals surface area contributed by atoms with Gasteiger partial charge >= 0.3 is 0 Å². The second-order valence-corrected chi connectivity index (χ2v) is 6.92. The summed E-state index contributed by atoms with van der Waals surface area (Å²) in [5.41, 5.74) is 4.29. The quantitative estimate of drug-likeness (QED) is 0.693. The highest BCUT2D eigenvalue weighted by Gasteiger charge is 2.41. The Morgan fingerprint density at radius 3 is 2.46 bits per heavy atom. The zero-order valence-corrected chi connectivity index (χ0v) is 15.6. The van der Waals surface area contributed by atoms with Crippen LogP contribution in [-0.2, 0) is 0 Å². The highest BCUT2D eigenvalue weighted by atomic mass is 32.1. The van der Waals surface area contributed by atoms with Gasteiger partial charge in [0.25, 0.3) is 0 Å². The minimum absolute atomic E-state index is 0.0117. The summed E-state index contributed by atoms with van der Waals surface area (Å²) in [4.78, 5) is 12.2. The minimum atomic E-state index is -0.0177. The molecule has 3 aromatic rings. The number of pyridine rings is 1. The van der Waals surface area contributed by atoms with Crippen LogP contribution in [0.25, 0.3) is 0 Å². The Morgan fingerprint density at radius 1 is 1.04 bits per heavy atom. The van der Waals surface area contributed by atoms with E-state index in [-0.39, 0.29) is 12.1 Å². The molecule has 26 heavy (non-hydrogen) atoms. The fourth-order valence-electron chi connectivity index (χ4n) is 3.39. The molecule has 1 aliphatic rings. The normalized spacial score (nSPS) is 19.5. The number of aromatic amines is 1. The third kappa shape index (κ3) is 2.93. The average Bonchev–Trinajstić information content (AvgIpc) is 3.30. The van der Waals surface area contributed by atoms with Crippen LogP contribution in [-0.4, -0.2) is 29.2 Å². The van der Waals surface area contributed by atoms with Crippen LogP contribution in [0.15, 0.2) is 67.0 Å².